The van der Waals surface area contributed by atoms with Crippen molar-refractivity contribution in [3.63, 3.8) is 0 Å². The summed E-state index contributed by atoms with van der Waals surface area (Å²) in [7, 11) is 1.54. The first-order valence-electron chi connectivity index (χ1n) is 5.67. The zero-order valence-corrected chi connectivity index (χ0v) is 10.5. The number of aliphatic hydroxyl groups is 1. The van der Waals surface area contributed by atoms with E-state index < -0.39 is 0 Å². The van der Waals surface area contributed by atoms with Gasteiger partial charge in [-0.3, -0.25) is 4.79 Å². The fraction of sp³-hybridized carbons (Fsp3) is 0.462. The maximum Gasteiger partial charge on any atom is 0.255 e. The van der Waals surface area contributed by atoms with Gasteiger partial charge in [0, 0.05) is 6.54 Å². The Morgan fingerprint density at radius 2 is 2.18 bits per heavy atom. The molecule has 4 nitrogen and oxygen atoms in total. The third kappa shape index (κ3) is 3.46. The van der Waals surface area contributed by atoms with Gasteiger partial charge in [-0.1, -0.05) is 19.9 Å². The number of hydrogen-bond donors (Lipinski definition) is 2. The predicted octanol–water partition coefficient (Wildman–Crippen LogP) is 1.54. The molecule has 0 unspecified atom stereocenters. The number of methoxy groups -OCH3 is 1. The Morgan fingerprint density at radius 1 is 1.47 bits per heavy atom. The first kappa shape index (κ1) is 13.5. The molecule has 0 aromatic heterocycles. The standard InChI is InChI=1S/C13H19NO3/c1-9(2)10-4-5-11(12(8-10)17-3)13(16)14-6-7-15/h4-5,8-9,15H,6-7H2,1-3H3,(H,14,16). The van der Waals surface area contributed by atoms with Crippen LogP contribution in [0, 0.1) is 0 Å². The van der Waals surface area contributed by atoms with Crippen LogP contribution in [0.25, 0.3) is 0 Å². The summed E-state index contributed by atoms with van der Waals surface area (Å²) in [5, 5.41) is 11.3. The molecule has 1 amide bonds. The normalized spacial score (nSPS) is 10.4. The molecule has 1 aromatic rings. The van der Waals surface area contributed by atoms with Gasteiger partial charge >= 0.3 is 0 Å². The van der Waals surface area contributed by atoms with Gasteiger partial charge in [0.2, 0.25) is 0 Å². The number of aliphatic hydroxyl groups excluding tert-OH is 1. The Morgan fingerprint density at radius 3 is 2.71 bits per heavy atom. The van der Waals surface area contributed by atoms with E-state index >= 15 is 0 Å². The van der Waals surface area contributed by atoms with Gasteiger partial charge in [-0.2, -0.15) is 0 Å². The molecule has 2 N–H and O–H groups in total. The van der Waals surface area contributed by atoms with Gasteiger partial charge < -0.3 is 15.2 Å². The highest BCUT2D eigenvalue weighted by molar-refractivity contribution is 5.97. The summed E-state index contributed by atoms with van der Waals surface area (Å²) in [5.74, 6) is 0.719. The molecule has 0 aliphatic heterocycles. The third-order valence-electron chi connectivity index (χ3n) is 2.53. The average molecular weight is 237 g/mol. The largest absolute Gasteiger partial charge is 0.496 e. The van der Waals surface area contributed by atoms with Crippen molar-refractivity contribution < 1.29 is 14.6 Å². The highest BCUT2D eigenvalue weighted by Crippen LogP contribution is 2.24. The molecule has 0 spiro atoms. The average Bonchev–Trinajstić information content (AvgIpc) is 2.34. The van der Waals surface area contributed by atoms with Gasteiger partial charge in [0.15, 0.2) is 0 Å². The lowest BCUT2D eigenvalue weighted by atomic mass is 10.0. The molecule has 1 aromatic carbocycles. The predicted molar refractivity (Wildman–Crippen MR) is 66.5 cm³/mol. The summed E-state index contributed by atoms with van der Waals surface area (Å²) in [6.45, 7) is 4.34. The van der Waals surface area contributed by atoms with Gasteiger partial charge in [0.1, 0.15) is 5.75 Å². The molecule has 0 aliphatic carbocycles. The topological polar surface area (TPSA) is 58.6 Å². The number of ether oxygens (including phenoxy) is 1. The number of carbonyl (C=O) groups excluding carboxylic acids is 1. The lowest BCUT2D eigenvalue weighted by Crippen LogP contribution is -2.26. The van der Waals surface area contributed by atoms with Crippen molar-refractivity contribution in [1.82, 2.24) is 5.32 Å². The molecular formula is C13H19NO3. The quantitative estimate of drug-likeness (QED) is 0.816. The lowest BCUT2D eigenvalue weighted by molar-refractivity contribution is 0.0941. The van der Waals surface area contributed by atoms with E-state index in [1.54, 1.807) is 13.2 Å². The van der Waals surface area contributed by atoms with Crippen LogP contribution in [0.4, 0.5) is 0 Å². The van der Waals surface area contributed by atoms with Gasteiger partial charge in [0.05, 0.1) is 19.3 Å². The van der Waals surface area contributed by atoms with Crippen LogP contribution in [-0.4, -0.2) is 31.3 Å². The van der Waals surface area contributed by atoms with Crippen molar-refractivity contribution in [2.24, 2.45) is 0 Å². The first-order valence-corrected chi connectivity index (χ1v) is 5.67. The highest BCUT2D eigenvalue weighted by Gasteiger charge is 2.13. The molecule has 0 atom stereocenters. The number of nitrogens with one attached hydrogen (secondary N) is 1. The van der Waals surface area contributed by atoms with E-state index in [4.69, 9.17) is 9.84 Å². The zero-order valence-electron chi connectivity index (χ0n) is 10.5. The smallest absolute Gasteiger partial charge is 0.255 e. The zero-order chi connectivity index (χ0) is 12.8. The Hall–Kier alpha value is -1.55. The minimum absolute atomic E-state index is 0.0713. The summed E-state index contributed by atoms with van der Waals surface area (Å²) in [6.07, 6.45) is 0. The van der Waals surface area contributed by atoms with Crippen LogP contribution in [0.2, 0.25) is 0 Å². The molecule has 0 radical (unpaired) electrons. The van der Waals surface area contributed by atoms with E-state index in [-0.39, 0.29) is 19.1 Å². The Labute approximate surface area is 102 Å². The third-order valence-corrected chi connectivity index (χ3v) is 2.53. The van der Waals surface area contributed by atoms with Crippen molar-refractivity contribution in [3.8, 4) is 5.75 Å². The second-order valence-electron chi connectivity index (χ2n) is 4.09. The fourth-order valence-electron chi connectivity index (χ4n) is 1.52. The number of hydrogen-bond acceptors (Lipinski definition) is 3. The molecule has 17 heavy (non-hydrogen) atoms. The van der Waals surface area contributed by atoms with Crippen molar-refractivity contribution >= 4 is 5.91 Å². The molecule has 0 heterocycles. The van der Waals surface area contributed by atoms with Gasteiger partial charge in [-0.05, 0) is 23.6 Å². The van der Waals surface area contributed by atoms with Crippen molar-refractivity contribution in [2.75, 3.05) is 20.3 Å². The number of amides is 1. The van der Waals surface area contributed by atoms with E-state index in [0.29, 0.717) is 17.2 Å². The van der Waals surface area contributed by atoms with Crippen LogP contribution in [0.15, 0.2) is 18.2 Å². The number of carbonyl (C=O) groups is 1. The SMILES string of the molecule is COc1cc(C(C)C)ccc1C(=O)NCCO. The second kappa shape index (κ2) is 6.25. The molecule has 0 saturated heterocycles. The summed E-state index contributed by atoms with van der Waals surface area (Å²) >= 11 is 0. The minimum atomic E-state index is -0.230. The summed E-state index contributed by atoms with van der Waals surface area (Å²) in [4.78, 5) is 11.8. The van der Waals surface area contributed by atoms with Crippen molar-refractivity contribution in [1.29, 1.82) is 0 Å². The first-order chi connectivity index (χ1) is 8.10. The highest BCUT2D eigenvalue weighted by atomic mass is 16.5. The van der Waals surface area contributed by atoms with E-state index in [1.807, 2.05) is 12.1 Å². The number of benzene rings is 1. The Bertz CT molecular complexity index is 388. The van der Waals surface area contributed by atoms with Crippen molar-refractivity contribution in [2.45, 2.75) is 19.8 Å². The van der Waals surface area contributed by atoms with Gasteiger partial charge in [-0.25, -0.2) is 0 Å². The molecule has 0 fully saturated rings. The molecule has 0 bridgehead atoms. The van der Waals surface area contributed by atoms with Crippen LogP contribution < -0.4 is 10.1 Å². The molecule has 94 valence electrons. The van der Waals surface area contributed by atoms with Crippen LogP contribution >= 0.6 is 0 Å². The summed E-state index contributed by atoms with van der Waals surface area (Å²) < 4.78 is 5.21. The minimum Gasteiger partial charge on any atom is -0.496 e. The summed E-state index contributed by atoms with van der Waals surface area (Å²) in [5.41, 5.74) is 1.62. The second-order valence-corrected chi connectivity index (χ2v) is 4.09. The van der Waals surface area contributed by atoms with Crippen LogP contribution in [0.3, 0.4) is 0 Å². The van der Waals surface area contributed by atoms with Crippen LogP contribution in [-0.2, 0) is 0 Å². The van der Waals surface area contributed by atoms with Crippen LogP contribution in [0.5, 0.6) is 5.75 Å². The van der Waals surface area contributed by atoms with E-state index in [9.17, 15) is 4.79 Å². The molecular weight excluding hydrogens is 218 g/mol. The molecule has 1 rings (SSSR count). The Balaban J connectivity index is 2.96. The monoisotopic (exact) mass is 237 g/mol. The fourth-order valence-corrected chi connectivity index (χ4v) is 1.52. The summed E-state index contributed by atoms with van der Waals surface area (Å²) in [6, 6.07) is 5.54. The number of rotatable bonds is 5. The maximum atomic E-state index is 11.8. The van der Waals surface area contributed by atoms with Crippen LogP contribution in [0.1, 0.15) is 35.7 Å². The van der Waals surface area contributed by atoms with E-state index in [1.165, 1.54) is 0 Å². The maximum absolute atomic E-state index is 11.8. The van der Waals surface area contributed by atoms with E-state index in [2.05, 4.69) is 19.2 Å². The van der Waals surface area contributed by atoms with Crippen molar-refractivity contribution in [3.05, 3.63) is 29.3 Å². The van der Waals surface area contributed by atoms with E-state index in [0.717, 1.165) is 5.56 Å². The molecule has 0 aliphatic rings. The molecule has 4 heteroatoms. The lowest BCUT2D eigenvalue weighted by Gasteiger charge is -2.12. The molecule has 0 saturated carbocycles. The van der Waals surface area contributed by atoms with Gasteiger partial charge in [0.25, 0.3) is 5.91 Å². The Kier molecular flexibility index (Phi) is 4.97. The van der Waals surface area contributed by atoms with Gasteiger partial charge in [-0.15, -0.1) is 0 Å².